The van der Waals surface area contributed by atoms with E-state index in [1.165, 1.54) is 0 Å². The lowest BCUT2D eigenvalue weighted by atomic mass is 10.1. The molecular weight excluding hydrogens is 424 g/mol. The lowest BCUT2D eigenvalue weighted by Gasteiger charge is -2.13. The summed E-state index contributed by atoms with van der Waals surface area (Å²) in [7, 11) is 1.84. The number of aromatic nitrogens is 6. The number of nitrogens with one attached hydrogen (secondary N) is 2. The van der Waals surface area contributed by atoms with Crippen LogP contribution in [0.5, 0.6) is 0 Å². The van der Waals surface area contributed by atoms with Gasteiger partial charge in [-0.2, -0.15) is 15.5 Å². The highest BCUT2D eigenvalue weighted by molar-refractivity contribution is 6.35. The molecule has 0 aliphatic rings. The first-order chi connectivity index (χ1) is 15.6. The molecule has 3 aromatic heterocycles. The van der Waals surface area contributed by atoms with Gasteiger partial charge in [0.1, 0.15) is 23.2 Å². The molecule has 32 heavy (non-hydrogen) atoms. The van der Waals surface area contributed by atoms with Crippen molar-refractivity contribution in [1.82, 2.24) is 29.9 Å². The number of halogens is 1. The van der Waals surface area contributed by atoms with E-state index in [0.29, 0.717) is 34.5 Å². The van der Waals surface area contributed by atoms with Crippen LogP contribution in [0.25, 0.3) is 33.5 Å². The number of fused-ring (bicyclic) bond motifs is 1. The molecule has 5 aromatic rings. The highest BCUT2D eigenvalue weighted by atomic mass is 35.5. The summed E-state index contributed by atoms with van der Waals surface area (Å²) in [4.78, 5) is 9.44. The van der Waals surface area contributed by atoms with Gasteiger partial charge in [-0.05, 0) is 23.8 Å². The van der Waals surface area contributed by atoms with Crippen LogP contribution in [0.3, 0.4) is 0 Å². The van der Waals surface area contributed by atoms with E-state index >= 15 is 0 Å². The number of hydrogen-bond acceptors (Lipinski definition) is 6. The second-order valence-electron chi connectivity index (χ2n) is 7.24. The van der Waals surface area contributed by atoms with E-state index in [1.54, 1.807) is 16.9 Å². The highest BCUT2D eigenvalue weighted by Crippen LogP contribution is 2.34. The van der Waals surface area contributed by atoms with Gasteiger partial charge in [0.05, 0.1) is 16.7 Å². The van der Waals surface area contributed by atoms with Crippen LogP contribution in [0.15, 0.2) is 60.9 Å². The van der Waals surface area contributed by atoms with E-state index in [-0.39, 0.29) is 5.69 Å². The summed E-state index contributed by atoms with van der Waals surface area (Å²) in [6, 6.07) is 17.6. The Kier molecular flexibility index (Phi) is 5.01. The topological polar surface area (TPSA) is 108 Å². The minimum absolute atomic E-state index is 0.194. The number of rotatable bonds is 5. The first-order valence-corrected chi connectivity index (χ1v) is 10.2. The van der Waals surface area contributed by atoms with Crippen LogP contribution < -0.4 is 5.32 Å². The van der Waals surface area contributed by atoms with E-state index < -0.39 is 0 Å². The Balaban J connectivity index is 1.66. The van der Waals surface area contributed by atoms with Crippen molar-refractivity contribution in [3.05, 3.63) is 77.2 Å². The second-order valence-corrected chi connectivity index (χ2v) is 7.64. The molecule has 2 N–H and O–H groups in total. The molecule has 2 aromatic carbocycles. The van der Waals surface area contributed by atoms with Crippen LogP contribution in [-0.2, 0) is 13.6 Å². The molecule has 8 nitrogen and oxygen atoms in total. The Bertz CT molecular complexity index is 1460. The Hall–Kier alpha value is -4.22. The van der Waals surface area contributed by atoms with Crippen molar-refractivity contribution >= 4 is 28.3 Å². The molecule has 0 spiro atoms. The first kappa shape index (κ1) is 19.7. The fourth-order valence-electron chi connectivity index (χ4n) is 3.49. The number of hydrogen-bond donors (Lipinski definition) is 2. The average molecular weight is 441 g/mol. The Labute approximate surface area is 188 Å². The van der Waals surface area contributed by atoms with Gasteiger partial charge in [0.25, 0.3) is 0 Å². The average Bonchev–Trinajstić information content (AvgIpc) is 3.47. The number of aryl methyl sites for hydroxylation is 1. The largest absolute Gasteiger partial charge is 0.364 e. The quantitative estimate of drug-likeness (QED) is 0.414. The third-order valence-corrected chi connectivity index (χ3v) is 5.33. The summed E-state index contributed by atoms with van der Waals surface area (Å²) >= 11 is 6.46. The number of H-pyrrole nitrogens is 1. The summed E-state index contributed by atoms with van der Waals surface area (Å²) in [5, 5.41) is 25.8. The van der Waals surface area contributed by atoms with E-state index in [0.717, 1.165) is 22.0 Å². The summed E-state index contributed by atoms with van der Waals surface area (Å²) in [6.45, 7) is 0.512. The van der Waals surface area contributed by atoms with Gasteiger partial charge in [0.15, 0.2) is 11.5 Å². The van der Waals surface area contributed by atoms with Gasteiger partial charge >= 0.3 is 0 Å². The van der Waals surface area contributed by atoms with Gasteiger partial charge in [-0.3, -0.25) is 9.78 Å². The van der Waals surface area contributed by atoms with Crippen molar-refractivity contribution in [1.29, 1.82) is 5.26 Å². The maximum Gasteiger partial charge on any atom is 0.183 e. The van der Waals surface area contributed by atoms with Gasteiger partial charge in [0.2, 0.25) is 0 Å². The molecule has 156 valence electrons. The monoisotopic (exact) mass is 440 g/mol. The summed E-state index contributed by atoms with van der Waals surface area (Å²) in [6.07, 6.45) is 3.53. The van der Waals surface area contributed by atoms with Gasteiger partial charge in [-0.15, -0.1) is 0 Å². The normalized spacial score (nSPS) is 10.9. The van der Waals surface area contributed by atoms with Crippen molar-refractivity contribution in [2.45, 2.75) is 6.54 Å². The van der Waals surface area contributed by atoms with E-state index in [2.05, 4.69) is 31.7 Å². The smallest absolute Gasteiger partial charge is 0.183 e. The third-order valence-electron chi connectivity index (χ3n) is 5.03. The molecule has 0 fully saturated rings. The molecule has 3 heterocycles. The third kappa shape index (κ3) is 3.66. The number of nitrogens with zero attached hydrogens (tertiary/aromatic N) is 6. The zero-order chi connectivity index (χ0) is 22.1. The predicted octanol–water partition coefficient (Wildman–Crippen LogP) is 4.56. The van der Waals surface area contributed by atoms with Crippen molar-refractivity contribution < 1.29 is 0 Å². The number of aromatic amines is 1. The van der Waals surface area contributed by atoms with Crippen LogP contribution in [0, 0.1) is 11.3 Å². The Morgan fingerprint density at radius 3 is 2.72 bits per heavy atom. The Morgan fingerprint density at radius 2 is 1.97 bits per heavy atom. The van der Waals surface area contributed by atoms with Crippen LogP contribution >= 0.6 is 11.6 Å². The molecule has 0 aliphatic heterocycles. The SMILES string of the molecule is Cn1ccc(-c2nc(NCc3ccccc3)c(C#N)nc2-c2cc(Cl)c3[nH]ncc3c2)n1. The van der Waals surface area contributed by atoms with Crippen LogP contribution in [-0.4, -0.2) is 29.9 Å². The van der Waals surface area contributed by atoms with E-state index in [1.807, 2.05) is 55.7 Å². The standard InChI is InChI=1S/C23H17ClN8/c1-32-8-7-18(31-32)22-21(15-9-16-13-27-30-20(16)17(24)10-15)28-19(11-25)23(29-22)26-12-14-5-3-2-4-6-14/h2-10,13H,12H2,1H3,(H,26,29)(H,27,30). The van der Waals surface area contributed by atoms with Crippen LogP contribution in [0.2, 0.25) is 5.02 Å². The minimum atomic E-state index is 0.194. The van der Waals surface area contributed by atoms with Gasteiger partial charge in [-0.1, -0.05) is 41.9 Å². The van der Waals surface area contributed by atoms with Crippen molar-refractivity contribution in [2.24, 2.45) is 7.05 Å². The molecule has 0 unspecified atom stereocenters. The fourth-order valence-corrected chi connectivity index (χ4v) is 3.76. The predicted molar refractivity (Wildman–Crippen MR) is 123 cm³/mol. The summed E-state index contributed by atoms with van der Waals surface area (Å²) in [5.41, 5.74) is 4.45. The lowest BCUT2D eigenvalue weighted by Crippen LogP contribution is -2.08. The van der Waals surface area contributed by atoms with Crippen molar-refractivity contribution in [3.8, 4) is 28.7 Å². The molecule has 0 bridgehead atoms. The van der Waals surface area contributed by atoms with Crippen molar-refractivity contribution in [2.75, 3.05) is 5.32 Å². The zero-order valence-corrected chi connectivity index (χ0v) is 17.8. The van der Waals surface area contributed by atoms with Crippen molar-refractivity contribution in [3.63, 3.8) is 0 Å². The van der Waals surface area contributed by atoms with Crippen LogP contribution in [0.1, 0.15) is 11.3 Å². The van der Waals surface area contributed by atoms with Gasteiger partial charge in [0, 0.05) is 30.7 Å². The minimum Gasteiger partial charge on any atom is -0.364 e. The van der Waals surface area contributed by atoms with Crippen LogP contribution in [0.4, 0.5) is 5.82 Å². The maximum atomic E-state index is 9.79. The number of anilines is 1. The van der Waals surface area contributed by atoms with Gasteiger partial charge < -0.3 is 5.32 Å². The van der Waals surface area contributed by atoms with E-state index in [4.69, 9.17) is 16.6 Å². The molecule has 0 saturated heterocycles. The zero-order valence-electron chi connectivity index (χ0n) is 17.0. The molecule has 0 amide bonds. The molecule has 0 atom stereocenters. The lowest BCUT2D eigenvalue weighted by molar-refractivity contribution is 0.770. The van der Waals surface area contributed by atoms with Gasteiger partial charge in [-0.25, -0.2) is 9.97 Å². The molecule has 0 aliphatic carbocycles. The maximum absolute atomic E-state index is 9.79. The molecular formula is C23H17ClN8. The molecule has 5 rings (SSSR count). The number of benzene rings is 2. The second kappa shape index (κ2) is 8.13. The molecule has 0 saturated carbocycles. The molecule has 9 heteroatoms. The first-order valence-electron chi connectivity index (χ1n) is 9.85. The Morgan fingerprint density at radius 1 is 1.12 bits per heavy atom. The molecule has 0 radical (unpaired) electrons. The fraction of sp³-hybridized carbons (Fsp3) is 0.0870. The summed E-state index contributed by atoms with van der Waals surface area (Å²) in [5.74, 6) is 0.399. The van der Waals surface area contributed by atoms with E-state index in [9.17, 15) is 5.26 Å². The number of nitriles is 1. The highest BCUT2D eigenvalue weighted by Gasteiger charge is 2.20. The summed E-state index contributed by atoms with van der Waals surface area (Å²) < 4.78 is 1.70.